The van der Waals surface area contributed by atoms with Crippen molar-refractivity contribution < 1.29 is 27.5 Å². The summed E-state index contributed by atoms with van der Waals surface area (Å²) in [4.78, 5) is 23.3. The number of carbonyl (C=O) groups excluding carboxylic acids is 2. The lowest BCUT2D eigenvalue weighted by atomic mass is 9.87. The molecule has 0 bridgehead atoms. The molecule has 10 heteroatoms. The highest BCUT2D eigenvalue weighted by Crippen LogP contribution is 2.28. The summed E-state index contributed by atoms with van der Waals surface area (Å²) in [6.07, 6.45) is 1.37. The number of esters is 1. The predicted molar refractivity (Wildman–Crippen MR) is 128 cm³/mol. The lowest BCUT2D eigenvalue weighted by Crippen LogP contribution is -2.42. The van der Waals surface area contributed by atoms with Gasteiger partial charge in [0, 0.05) is 19.6 Å². The number of ether oxygens (including phenoxy) is 2. The van der Waals surface area contributed by atoms with Crippen LogP contribution >= 0.6 is 0 Å². The number of nitrogens with zero attached hydrogens (tertiary/aromatic N) is 1. The third-order valence-corrected chi connectivity index (χ3v) is 6.71. The van der Waals surface area contributed by atoms with E-state index in [1.54, 1.807) is 35.5 Å². The molecule has 0 radical (unpaired) electrons. The van der Waals surface area contributed by atoms with E-state index in [-0.39, 0.29) is 29.4 Å². The molecular formula is C23H39N3O6S. The van der Waals surface area contributed by atoms with Crippen molar-refractivity contribution in [2.24, 2.45) is 11.3 Å². The van der Waals surface area contributed by atoms with Gasteiger partial charge in [-0.3, -0.25) is 4.79 Å². The van der Waals surface area contributed by atoms with E-state index in [2.05, 4.69) is 10.6 Å². The van der Waals surface area contributed by atoms with E-state index in [1.807, 2.05) is 27.7 Å². The molecule has 0 spiro atoms. The Bertz CT molecular complexity index is 853. The number of hydrogen-bond donors (Lipinski definition) is 2. The van der Waals surface area contributed by atoms with Crippen LogP contribution in [0.5, 0.6) is 5.75 Å². The van der Waals surface area contributed by atoms with Gasteiger partial charge in [-0.05, 0) is 55.4 Å². The predicted octanol–water partition coefficient (Wildman–Crippen LogP) is 3.01. The van der Waals surface area contributed by atoms with Gasteiger partial charge in [-0.2, -0.15) is 4.31 Å². The van der Waals surface area contributed by atoms with Crippen LogP contribution in [0, 0.1) is 11.3 Å². The quantitative estimate of drug-likeness (QED) is 0.309. The van der Waals surface area contributed by atoms with E-state index in [9.17, 15) is 18.0 Å². The van der Waals surface area contributed by atoms with E-state index in [0.29, 0.717) is 38.2 Å². The van der Waals surface area contributed by atoms with Crippen molar-refractivity contribution in [1.82, 2.24) is 14.9 Å². The molecule has 0 saturated carbocycles. The molecule has 0 aliphatic heterocycles. The summed E-state index contributed by atoms with van der Waals surface area (Å²) in [7, 11) is -2.13. The maximum Gasteiger partial charge on any atom is 0.325 e. The fourth-order valence-corrected chi connectivity index (χ4v) is 5.10. The molecule has 0 atom stereocenters. The van der Waals surface area contributed by atoms with Crippen LogP contribution in [-0.2, 0) is 19.6 Å². The van der Waals surface area contributed by atoms with Crippen LogP contribution in [0.15, 0.2) is 29.2 Å². The minimum atomic E-state index is -3.66. The van der Waals surface area contributed by atoms with Crippen LogP contribution in [0.25, 0.3) is 0 Å². The zero-order valence-corrected chi connectivity index (χ0v) is 21.5. The molecule has 0 unspecified atom stereocenters. The lowest BCUT2D eigenvalue weighted by molar-refractivity contribution is -0.141. The summed E-state index contributed by atoms with van der Waals surface area (Å²) in [5.41, 5.74) is -0.308. The van der Waals surface area contributed by atoms with Crippen molar-refractivity contribution in [3.8, 4) is 5.75 Å². The maximum atomic E-state index is 13.3. The average Bonchev–Trinajstić information content (AvgIpc) is 2.74. The molecule has 9 nitrogen and oxygen atoms in total. The Hall–Kier alpha value is -2.33. The van der Waals surface area contributed by atoms with Gasteiger partial charge in [-0.1, -0.05) is 27.7 Å². The second-order valence-corrected chi connectivity index (χ2v) is 11.0. The molecule has 33 heavy (non-hydrogen) atoms. The highest BCUT2D eigenvalue weighted by molar-refractivity contribution is 7.89. The summed E-state index contributed by atoms with van der Waals surface area (Å²) in [6.45, 7) is 11.0. The number of nitrogens with one attached hydrogen (secondary N) is 2. The summed E-state index contributed by atoms with van der Waals surface area (Å²) in [5, 5.41) is 5.15. The minimum Gasteiger partial charge on any atom is -0.497 e. The number of benzene rings is 1. The largest absolute Gasteiger partial charge is 0.497 e. The molecule has 0 aliphatic rings. The molecule has 0 aromatic heterocycles. The monoisotopic (exact) mass is 485 g/mol. The van der Waals surface area contributed by atoms with Gasteiger partial charge in [0.1, 0.15) is 12.3 Å². The van der Waals surface area contributed by atoms with E-state index in [0.717, 1.165) is 0 Å². The summed E-state index contributed by atoms with van der Waals surface area (Å²) < 4.78 is 38.1. The fourth-order valence-electron chi connectivity index (χ4n) is 3.30. The molecule has 1 aromatic rings. The molecule has 1 aromatic carbocycles. The van der Waals surface area contributed by atoms with E-state index >= 15 is 0 Å². The highest BCUT2D eigenvalue weighted by Gasteiger charge is 2.31. The molecule has 2 N–H and O–H groups in total. The smallest absolute Gasteiger partial charge is 0.325 e. The van der Waals surface area contributed by atoms with Crippen molar-refractivity contribution in [1.29, 1.82) is 0 Å². The highest BCUT2D eigenvalue weighted by atomic mass is 32.2. The molecule has 0 heterocycles. The summed E-state index contributed by atoms with van der Waals surface area (Å²) >= 11 is 0. The molecule has 1 rings (SSSR count). The van der Waals surface area contributed by atoms with Crippen LogP contribution in [0.3, 0.4) is 0 Å². The first-order valence-corrected chi connectivity index (χ1v) is 12.7. The van der Waals surface area contributed by atoms with Crippen molar-refractivity contribution in [3.63, 3.8) is 0 Å². The standard InChI is InChI=1S/C23H39N3O6S/c1-7-32-21(27)15-25-22(28)24-14-8-13-23(4,5)17-26(16-18(2)3)33(29,30)20-11-9-19(31-6)10-12-20/h9-12,18H,7-8,13-17H2,1-6H3,(H2,24,25,28). The number of hydrogen-bond acceptors (Lipinski definition) is 6. The summed E-state index contributed by atoms with van der Waals surface area (Å²) in [5.74, 6) is 0.277. The zero-order valence-electron chi connectivity index (χ0n) is 20.6. The number of amides is 2. The third-order valence-electron chi connectivity index (χ3n) is 4.88. The SMILES string of the molecule is CCOC(=O)CNC(=O)NCCCC(C)(C)CN(CC(C)C)S(=O)(=O)c1ccc(OC)cc1. The second kappa shape index (κ2) is 13.4. The van der Waals surface area contributed by atoms with E-state index < -0.39 is 22.0 Å². The Balaban J connectivity index is 2.68. The van der Waals surface area contributed by atoms with Crippen LogP contribution in [0.4, 0.5) is 4.79 Å². The van der Waals surface area contributed by atoms with Crippen LogP contribution in [-0.4, -0.2) is 64.6 Å². The Kier molecular flexibility index (Phi) is 11.7. The number of sulfonamides is 1. The van der Waals surface area contributed by atoms with Crippen molar-refractivity contribution in [3.05, 3.63) is 24.3 Å². The number of urea groups is 1. The van der Waals surface area contributed by atoms with Crippen molar-refractivity contribution in [2.45, 2.75) is 52.4 Å². The molecule has 0 fully saturated rings. The molecule has 2 amide bonds. The first-order chi connectivity index (χ1) is 15.4. The first-order valence-electron chi connectivity index (χ1n) is 11.2. The van der Waals surface area contributed by atoms with Gasteiger partial charge in [-0.25, -0.2) is 13.2 Å². The Morgan fingerprint density at radius 2 is 1.76 bits per heavy atom. The van der Waals surface area contributed by atoms with Gasteiger partial charge in [0.25, 0.3) is 0 Å². The van der Waals surface area contributed by atoms with E-state index in [4.69, 9.17) is 9.47 Å². The van der Waals surface area contributed by atoms with Crippen LogP contribution < -0.4 is 15.4 Å². The van der Waals surface area contributed by atoms with Gasteiger partial charge in [-0.15, -0.1) is 0 Å². The first kappa shape index (κ1) is 28.7. The number of methoxy groups -OCH3 is 1. The number of carbonyl (C=O) groups is 2. The zero-order chi connectivity index (χ0) is 25.1. The van der Waals surface area contributed by atoms with Gasteiger partial charge in [0.15, 0.2) is 0 Å². The van der Waals surface area contributed by atoms with E-state index in [1.165, 1.54) is 7.11 Å². The Morgan fingerprint density at radius 3 is 2.30 bits per heavy atom. The molecule has 0 saturated heterocycles. The minimum absolute atomic E-state index is 0.165. The van der Waals surface area contributed by atoms with Crippen LogP contribution in [0.2, 0.25) is 0 Å². The number of rotatable bonds is 14. The average molecular weight is 486 g/mol. The maximum absolute atomic E-state index is 13.3. The van der Waals surface area contributed by atoms with Crippen molar-refractivity contribution >= 4 is 22.0 Å². The topological polar surface area (TPSA) is 114 Å². The normalized spacial score (nSPS) is 12.0. The van der Waals surface area contributed by atoms with Gasteiger partial charge >= 0.3 is 12.0 Å². The molecule has 188 valence electrons. The fraction of sp³-hybridized carbons (Fsp3) is 0.652. The third kappa shape index (κ3) is 10.4. The van der Waals surface area contributed by atoms with Gasteiger partial charge in [0.05, 0.1) is 18.6 Å². The molecular weight excluding hydrogens is 446 g/mol. The summed E-state index contributed by atoms with van der Waals surface area (Å²) in [6, 6.07) is 5.97. The van der Waals surface area contributed by atoms with Gasteiger partial charge < -0.3 is 20.1 Å². The molecule has 0 aliphatic carbocycles. The second-order valence-electron chi connectivity index (χ2n) is 9.05. The van der Waals surface area contributed by atoms with Crippen LogP contribution in [0.1, 0.15) is 47.5 Å². The van der Waals surface area contributed by atoms with Gasteiger partial charge in [0.2, 0.25) is 10.0 Å². The Morgan fingerprint density at radius 1 is 1.12 bits per heavy atom. The van der Waals surface area contributed by atoms with Crippen molar-refractivity contribution in [2.75, 3.05) is 39.9 Å². The lowest BCUT2D eigenvalue weighted by Gasteiger charge is -2.33. The Labute approximate surface area is 198 Å².